The molecule has 0 rings (SSSR count). The van der Waals surface area contributed by atoms with E-state index in [9.17, 15) is 9.59 Å². The van der Waals surface area contributed by atoms with E-state index in [0.717, 1.165) is 6.42 Å². The van der Waals surface area contributed by atoms with Crippen molar-refractivity contribution in [1.82, 2.24) is 0 Å². The van der Waals surface area contributed by atoms with Crippen LogP contribution < -0.4 is 0 Å². The normalized spacial score (nSPS) is 12.5. The zero-order chi connectivity index (χ0) is 9.56. The summed E-state index contributed by atoms with van der Waals surface area (Å²) >= 11 is 0. The highest BCUT2D eigenvalue weighted by Gasteiger charge is 2.19. The quantitative estimate of drug-likeness (QED) is 0.612. The van der Waals surface area contributed by atoms with E-state index in [1.54, 1.807) is 0 Å². The number of aliphatic hydroxyl groups excluding tert-OH is 1. The monoisotopic (exact) mass is 174 g/mol. The maximum Gasteiger partial charge on any atom is 0.309 e. The summed E-state index contributed by atoms with van der Waals surface area (Å²) in [6.07, 6.45) is 1.06. The topological polar surface area (TPSA) is 74.6 Å². The van der Waals surface area contributed by atoms with Crippen LogP contribution in [0, 0.1) is 5.92 Å². The molecule has 1 unspecified atom stereocenters. The van der Waals surface area contributed by atoms with Crippen molar-refractivity contribution in [2.45, 2.75) is 26.2 Å². The lowest BCUT2D eigenvalue weighted by atomic mass is 10.0. The molecule has 0 aliphatic heterocycles. The first-order valence-electron chi connectivity index (χ1n) is 3.97. The summed E-state index contributed by atoms with van der Waals surface area (Å²) < 4.78 is 0. The van der Waals surface area contributed by atoms with Gasteiger partial charge in [-0.3, -0.25) is 9.59 Å². The van der Waals surface area contributed by atoms with Gasteiger partial charge in [0.1, 0.15) is 5.78 Å². The van der Waals surface area contributed by atoms with Gasteiger partial charge in [-0.2, -0.15) is 0 Å². The smallest absolute Gasteiger partial charge is 0.309 e. The zero-order valence-corrected chi connectivity index (χ0v) is 7.12. The van der Waals surface area contributed by atoms with Gasteiger partial charge in [0.05, 0.1) is 12.5 Å². The Bertz CT molecular complexity index is 164. The minimum absolute atomic E-state index is 0.0559. The lowest BCUT2D eigenvalue weighted by Gasteiger charge is -2.06. The molecule has 0 aliphatic rings. The van der Waals surface area contributed by atoms with E-state index < -0.39 is 18.5 Å². The van der Waals surface area contributed by atoms with Crippen molar-refractivity contribution < 1.29 is 19.8 Å². The molecule has 1 atom stereocenters. The lowest BCUT2D eigenvalue weighted by molar-refractivity contribution is -0.145. The molecule has 12 heavy (non-hydrogen) atoms. The Kier molecular flexibility index (Phi) is 5.28. The van der Waals surface area contributed by atoms with Gasteiger partial charge in [0.25, 0.3) is 0 Å². The number of aliphatic carboxylic acids is 1. The third-order valence-corrected chi connectivity index (χ3v) is 1.57. The summed E-state index contributed by atoms with van der Waals surface area (Å²) in [4.78, 5) is 21.3. The van der Waals surface area contributed by atoms with Gasteiger partial charge in [0, 0.05) is 12.8 Å². The van der Waals surface area contributed by atoms with Crippen LogP contribution in [0.25, 0.3) is 0 Å². The number of aliphatic hydroxyl groups is 1. The maximum atomic E-state index is 10.9. The molecule has 0 saturated carbocycles. The first-order valence-corrected chi connectivity index (χ1v) is 3.97. The van der Waals surface area contributed by atoms with Crippen LogP contribution in [0.4, 0.5) is 0 Å². The zero-order valence-electron chi connectivity index (χ0n) is 7.12. The minimum atomic E-state index is -1.11. The number of carbonyl (C=O) groups excluding carboxylic acids is 1. The first-order chi connectivity index (χ1) is 5.61. The summed E-state index contributed by atoms with van der Waals surface area (Å²) in [7, 11) is 0. The second-order valence-electron chi connectivity index (χ2n) is 2.71. The van der Waals surface area contributed by atoms with Gasteiger partial charge in [-0.25, -0.2) is 0 Å². The van der Waals surface area contributed by atoms with Crippen LogP contribution in [0.2, 0.25) is 0 Å². The molecule has 0 aromatic rings. The predicted octanol–water partition coefficient (Wildman–Crippen LogP) is 0.439. The molecule has 0 heterocycles. The van der Waals surface area contributed by atoms with Crippen molar-refractivity contribution in [2.75, 3.05) is 6.61 Å². The average Bonchev–Trinajstić information content (AvgIpc) is 2.00. The first kappa shape index (κ1) is 11.1. The van der Waals surface area contributed by atoms with Crippen LogP contribution in [-0.2, 0) is 9.59 Å². The molecule has 0 spiro atoms. The summed E-state index contributed by atoms with van der Waals surface area (Å²) in [5.74, 6) is -2.13. The van der Waals surface area contributed by atoms with Gasteiger partial charge in [-0.1, -0.05) is 6.92 Å². The molecular formula is C8H14O4. The number of ketones is 1. The second-order valence-corrected chi connectivity index (χ2v) is 2.71. The van der Waals surface area contributed by atoms with E-state index in [0.29, 0.717) is 6.42 Å². The second kappa shape index (κ2) is 5.71. The number of carboxylic acid groups (broad SMARTS) is 1. The van der Waals surface area contributed by atoms with Gasteiger partial charge in [0.15, 0.2) is 0 Å². The largest absolute Gasteiger partial charge is 0.481 e. The number of hydrogen-bond donors (Lipinski definition) is 2. The van der Waals surface area contributed by atoms with Gasteiger partial charge in [-0.15, -0.1) is 0 Å². The minimum Gasteiger partial charge on any atom is -0.481 e. The summed E-state index contributed by atoms with van der Waals surface area (Å²) in [5, 5.41) is 17.1. The number of hydrogen-bond acceptors (Lipinski definition) is 3. The van der Waals surface area contributed by atoms with Crippen molar-refractivity contribution >= 4 is 11.8 Å². The predicted molar refractivity (Wildman–Crippen MR) is 42.7 cm³/mol. The molecule has 4 heteroatoms. The lowest BCUT2D eigenvalue weighted by Crippen LogP contribution is -2.21. The van der Waals surface area contributed by atoms with Gasteiger partial charge < -0.3 is 10.2 Å². The van der Waals surface area contributed by atoms with Gasteiger partial charge >= 0.3 is 5.97 Å². The number of rotatable bonds is 6. The molecule has 0 radical (unpaired) electrons. The van der Waals surface area contributed by atoms with E-state index in [4.69, 9.17) is 10.2 Å². The molecule has 0 fully saturated rings. The Morgan fingerprint density at radius 3 is 2.33 bits per heavy atom. The van der Waals surface area contributed by atoms with Crippen LogP contribution in [0.5, 0.6) is 0 Å². The molecule has 0 amide bonds. The van der Waals surface area contributed by atoms with Gasteiger partial charge in [-0.05, 0) is 6.42 Å². The van der Waals surface area contributed by atoms with Crippen molar-refractivity contribution in [1.29, 1.82) is 0 Å². The maximum absolute atomic E-state index is 10.9. The molecule has 0 aliphatic carbocycles. The molecule has 0 saturated heterocycles. The Balaban J connectivity index is 3.85. The standard InChI is InChI=1S/C8H14O4/c1-2-3-7(10)4-6(5-9)8(11)12/h6,9H,2-5H2,1H3,(H,11,12). The summed E-state index contributed by atoms with van der Waals surface area (Å²) in [5.41, 5.74) is 0. The number of carboxylic acids is 1. The highest BCUT2D eigenvalue weighted by molar-refractivity contribution is 5.83. The number of carbonyl (C=O) groups is 2. The van der Waals surface area contributed by atoms with E-state index in [1.807, 2.05) is 6.92 Å². The van der Waals surface area contributed by atoms with Gasteiger partial charge in [0.2, 0.25) is 0 Å². The highest BCUT2D eigenvalue weighted by Crippen LogP contribution is 2.06. The number of Topliss-reactive ketones (excluding diaryl/α,β-unsaturated/α-hetero) is 1. The fourth-order valence-electron chi connectivity index (χ4n) is 0.886. The Labute approximate surface area is 71.2 Å². The third kappa shape index (κ3) is 4.08. The highest BCUT2D eigenvalue weighted by atomic mass is 16.4. The Morgan fingerprint density at radius 1 is 1.42 bits per heavy atom. The average molecular weight is 174 g/mol. The van der Waals surface area contributed by atoms with E-state index in [1.165, 1.54) is 0 Å². The van der Waals surface area contributed by atoms with E-state index >= 15 is 0 Å². The fraction of sp³-hybridized carbons (Fsp3) is 0.750. The van der Waals surface area contributed by atoms with Crippen molar-refractivity contribution in [3.63, 3.8) is 0 Å². The van der Waals surface area contributed by atoms with Crippen LogP contribution in [0.15, 0.2) is 0 Å². The van der Waals surface area contributed by atoms with Crippen LogP contribution in [0.1, 0.15) is 26.2 Å². The molecule has 0 aromatic heterocycles. The Hall–Kier alpha value is -0.900. The SMILES string of the molecule is CCCC(=O)CC(CO)C(=O)O. The fourth-order valence-corrected chi connectivity index (χ4v) is 0.886. The molecule has 70 valence electrons. The third-order valence-electron chi connectivity index (χ3n) is 1.57. The molecule has 4 nitrogen and oxygen atoms in total. The van der Waals surface area contributed by atoms with Crippen LogP contribution in [-0.4, -0.2) is 28.6 Å². The Morgan fingerprint density at radius 2 is 2.00 bits per heavy atom. The van der Waals surface area contributed by atoms with E-state index in [-0.39, 0.29) is 12.2 Å². The summed E-state index contributed by atoms with van der Waals surface area (Å²) in [6, 6.07) is 0. The summed E-state index contributed by atoms with van der Waals surface area (Å²) in [6.45, 7) is 1.39. The van der Waals surface area contributed by atoms with Crippen LogP contribution in [0.3, 0.4) is 0 Å². The molecule has 0 aromatic carbocycles. The van der Waals surface area contributed by atoms with Crippen molar-refractivity contribution in [3.8, 4) is 0 Å². The van der Waals surface area contributed by atoms with Crippen molar-refractivity contribution in [3.05, 3.63) is 0 Å². The molecule has 2 N–H and O–H groups in total. The molecular weight excluding hydrogens is 160 g/mol. The van der Waals surface area contributed by atoms with E-state index in [2.05, 4.69) is 0 Å². The molecule has 0 bridgehead atoms. The van der Waals surface area contributed by atoms with Crippen molar-refractivity contribution in [2.24, 2.45) is 5.92 Å². The van der Waals surface area contributed by atoms with Crippen LogP contribution >= 0.6 is 0 Å².